The molecule has 3 fully saturated rings. The zero-order chi connectivity index (χ0) is 65.5. The van der Waals surface area contributed by atoms with Crippen molar-refractivity contribution in [3.8, 4) is 0 Å². The quantitative estimate of drug-likeness (QED) is 0.163. The number of hydrogen-bond acceptors (Lipinski definition) is 0. The van der Waals surface area contributed by atoms with Gasteiger partial charge in [0, 0.05) is 0 Å². The van der Waals surface area contributed by atoms with Crippen LogP contribution in [0.15, 0.2) is 0 Å². The molecule has 1 atom stereocenters. The van der Waals surface area contributed by atoms with Crippen LogP contribution >= 0.6 is 0 Å². The van der Waals surface area contributed by atoms with Gasteiger partial charge in [-0.1, -0.05) is 412 Å². The van der Waals surface area contributed by atoms with E-state index in [1.807, 2.05) is 0 Å². The lowest BCUT2D eigenvalue weighted by atomic mass is 9.71. The summed E-state index contributed by atoms with van der Waals surface area (Å²) in [5.41, 5.74) is 3.78. The summed E-state index contributed by atoms with van der Waals surface area (Å²) in [5, 5.41) is 0. The largest absolute Gasteiger partial charge is 0.0651 e. The van der Waals surface area contributed by atoms with Crippen molar-refractivity contribution in [2.24, 2.45) is 97.1 Å². The third-order valence-corrected chi connectivity index (χ3v) is 21.8. The molecule has 0 aromatic rings. The van der Waals surface area contributed by atoms with Crippen LogP contribution in [0.2, 0.25) is 0 Å². The van der Waals surface area contributed by atoms with Crippen LogP contribution in [0.25, 0.3) is 0 Å². The molecular weight excluding hydrogens is 961 g/mol. The molecule has 0 saturated heterocycles. The molecule has 0 aromatic carbocycles. The molecule has 0 bridgehead atoms. The summed E-state index contributed by atoms with van der Waals surface area (Å²) in [6, 6.07) is 0. The van der Waals surface area contributed by atoms with Gasteiger partial charge in [0.05, 0.1) is 0 Å². The van der Waals surface area contributed by atoms with E-state index < -0.39 is 0 Å². The van der Waals surface area contributed by atoms with Crippen LogP contribution in [-0.4, -0.2) is 0 Å². The summed E-state index contributed by atoms with van der Waals surface area (Å²) >= 11 is 0. The standard InChI is InChI=1S/3C8H18.3C7H14.5C7H16/c1-7(2,3)8(4,5)6;1-6-8(4,5)7(2)3;1-6(2)8(5)7(3)4;1-7(2)5-3-4-6-7;1-7-5-3-2-4-6-7;1-2-7-5-3-4-6-7;1-6(2)7(3,4)5;2*1-5-7(3,4)6-2;1-5-7(4)6(2)3;1-4-7(5-2)6-3/h1-6H3;7H,6H2,1-5H3;6-8H,1-5H3;3-6H2,1-2H3;2*7H,2-6H2,1H3;6H,1-5H3;2*5-6H2,1-4H3;6-7H,5H2,1-4H3;7H,4-6H2,1-3H3/t;;;;;;;;;7-;/m.........0./s1. The highest BCUT2D eigenvalue weighted by Gasteiger charge is 2.27. The van der Waals surface area contributed by atoms with Crippen molar-refractivity contribution in [2.75, 3.05) is 0 Å². The Morgan fingerprint density at radius 3 is 0.738 bits per heavy atom. The first-order chi connectivity index (χ1) is 36.1. The summed E-state index contributed by atoms with van der Waals surface area (Å²) in [6.45, 7) is 91.2. The van der Waals surface area contributed by atoms with Crippen LogP contribution < -0.4 is 0 Å². The Hall–Kier alpha value is 0. The van der Waals surface area contributed by atoms with Gasteiger partial charge >= 0.3 is 0 Å². The highest BCUT2D eigenvalue weighted by molar-refractivity contribution is 4.77. The van der Waals surface area contributed by atoms with Gasteiger partial charge in [-0.15, -0.1) is 0 Å². The van der Waals surface area contributed by atoms with E-state index in [4.69, 9.17) is 0 Å². The van der Waals surface area contributed by atoms with Gasteiger partial charge in [0.2, 0.25) is 0 Å². The van der Waals surface area contributed by atoms with Gasteiger partial charge in [0.15, 0.2) is 0 Å². The zero-order valence-corrected chi connectivity index (χ0v) is 65.5. The van der Waals surface area contributed by atoms with Crippen molar-refractivity contribution in [3.63, 3.8) is 0 Å². The second kappa shape index (κ2) is 53.3. The molecule has 3 aliphatic carbocycles. The molecule has 0 unspecified atom stereocenters. The molecule has 0 radical (unpaired) electrons. The van der Waals surface area contributed by atoms with Crippen molar-refractivity contribution in [3.05, 3.63) is 0 Å². The Bertz CT molecular complexity index is 1100. The first kappa shape index (κ1) is 96.3. The molecule has 0 spiro atoms. The predicted octanol–water partition coefficient (Wildman–Crippen LogP) is 30.7. The van der Waals surface area contributed by atoms with E-state index in [1.165, 1.54) is 148 Å². The van der Waals surface area contributed by atoms with E-state index in [0.717, 1.165) is 59.2 Å². The van der Waals surface area contributed by atoms with Crippen LogP contribution in [0.4, 0.5) is 0 Å². The molecule has 496 valence electrons. The van der Waals surface area contributed by atoms with E-state index in [2.05, 4.69) is 277 Å². The monoisotopic (exact) mass is 1140 g/mol. The summed E-state index contributed by atoms with van der Waals surface area (Å²) in [4.78, 5) is 0. The number of rotatable bonds is 14. The van der Waals surface area contributed by atoms with Crippen molar-refractivity contribution in [1.82, 2.24) is 0 Å². The molecule has 0 nitrogen and oxygen atoms in total. The Balaban J connectivity index is -0.000000119. The lowest BCUT2D eigenvalue weighted by molar-refractivity contribution is 0.157. The fourth-order valence-corrected chi connectivity index (χ4v) is 7.07. The minimum absolute atomic E-state index is 0.437. The Kier molecular flexibility index (Phi) is 64.1. The summed E-state index contributed by atoms with van der Waals surface area (Å²) in [5.74, 6) is 9.05. The lowest BCUT2D eigenvalue weighted by Gasteiger charge is -2.34. The van der Waals surface area contributed by atoms with Crippen LogP contribution in [0.1, 0.15) is 425 Å². The minimum atomic E-state index is 0.437. The third kappa shape index (κ3) is 68.8. The molecule has 0 heterocycles. The second-order valence-electron chi connectivity index (χ2n) is 34.0. The molecule has 3 rings (SSSR count). The Labute approximate surface area is 519 Å². The van der Waals surface area contributed by atoms with Crippen LogP contribution in [0.5, 0.6) is 0 Å². The molecule has 0 heteroatoms. The van der Waals surface area contributed by atoms with E-state index in [0.29, 0.717) is 37.9 Å². The average Bonchev–Trinajstić information content (AvgIpc) is 4.06. The minimum Gasteiger partial charge on any atom is -0.0651 e. The molecule has 0 aromatic heterocycles. The van der Waals surface area contributed by atoms with Gasteiger partial charge in [-0.2, -0.15) is 0 Å². The van der Waals surface area contributed by atoms with Crippen molar-refractivity contribution in [2.45, 2.75) is 425 Å². The Morgan fingerprint density at radius 2 is 0.675 bits per heavy atom. The molecule has 3 aliphatic rings. The molecule has 0 aliphatic heterocycles. The van der Waals surface area contributed by atoms with Gasteiger partial charge in [-0.25, -0.2) is 0 Å². The van der Waals surface area contributed by atoms with Crippen LogP contribution in [0, 0.1) is 97.1 Å². The van der Waals surface area contributed by atoms with E-state index in [9.17, 15) is 0 Å². The average molecular weight is 1140 g/mol. The normalized spacial score (nSPS) is 16.1. The maximum Gasteiger partial charge on any atom is -0.0334 e. The van der Waals surface area contributed by atoms with Crippen LogP contribution in [0.3, 0.4) is 0 Å². The fourth-order valence-electron chi connectivity index (χ4n) is 7.07. The first-order valence-corrected chi connectivity index (χ1v) is 36.1. The maximum absolute atomic E-state index is 2.36. The third-order valence-electron chi connectivity index (χ3n) is 21.8. The highest BCUT2D eigenvalue weighted by Crippen LogP contribution is 2.37. The van der Waals surface area contributed by atoms with E-state index in [-0.39, 0.29) is 0 Å². The van der Waals surface area contributed by atoms with E-state index >= 15 is 0 Å². The SMILES string of the molecule is CC(C)(C)C(C)(C)C.CC(C)C(C)(C)C.CC(C)C(C)C(C)C.CC1(C)CCCC1.CC1CCCCC1.CCC(C)(C)C(C)C.CCC(C)(C)CC.CCC(C)(C)CC.CCC(CC)CC.CCC1CCCC1.CC[C@H](C)C(C)C. The fraction of sp³-hybridized carbons (Fsp3) is 1.00. The summed E-state index contributed by atoms with van der Waals surface area (Å²) in [6.07, 6.45) is 32.5. The lowest BCUT2D eigenvalue weighted by Crippen LogP contribution is -2.25. The predicted molar refractivity (Wildman–Crippen MR) is 385 cm³/mol. The molecular formula is C80H176. The smallest absolute Gasteiger partial charge is 0.0334 e. The van der Waals surface area contributed by atoms with Gasteiger partial charge in [0.1, 0.15) is 0 Å². The zero-order valence-electron chi connectivity index (χ0n) is 65.5. The topological polar surface area (TPSA) is 0 Å². The van der Waals surface area contributed by atoms with Crippen molar-refractivity contribution >= 4 is 0 Å². The van der Waals surface area contributed by atoms with Gasteiger partial charge in [-0.3, -0.25) is 0 Å². The second-order valence-corrected chi connectivity index (χ2v) is 34.0. The molecule has 0 N–H and O–H groups in total. The van der Waals surface area contributed by atoms with Crippen LogP contribution in [-0.2, 0) is 0 Å². The summed E-state index contributed by atoms with van der Waals surface area (Å²) in [7, 11) is 0. The maximum atomic E-state index is 2.36. The first-order valence-electron chi connectivity index (χ1n) is 36.1. The molecule has 3 saturated carbocycles. The van der Waals surface area contributed by atoms with Crippen molar-refractivity contribution < 1.29 is 0 Å². The summed E-state index contributed by atoms with van der Waals surface area (Å²) < 4.78 is 0. The molecule has 80 heavy (non-hydrogen) atoms. The van der Waals surface area contributed by atoms with Gasteiger partial charge < -0.3 is 0 Å². The Morgan fingerprint density at radius 1 is 0.375 bits per heavy atom. The van der Waals surface area contributed by atoms with Crippen molar-refractivity contribution in [1.29, 1.82) is 0 Å². The van der Waals surface area contributed by atoms with Gasteiger partial charge in [0.25, 0.3) is 0 Å². The molecule has 0 amide bonds. The van der Waals surface area contributed by atoms with Gasteiger partial charge in [-0.05, 0) is 110 Å². The number of hydrogen-bond donors (Lipinski definition) is 0. The highest BCUT2D eigenvalue weighted by atomic mass is 14.3. The van der Waals surface area contributed by atoms with E-state index in [1.54, 1.807) is 0 Å².